The molecule has 0 unspecified atom stereocenters. The molecule has 0 spiro atoms. The number of unbranched alkanes of at least 4 members (excludes halogenated alkanes) is 5. The summed E-state index contributed by atoms with van der Waals surface area (Å²) in [7, 11) is 0. The van der Waals surface area contributed by atoms with E-state index in [0.29, 0.717) is 0 Å². The van der Waals surface area contributed by atoms with Gasteiger partial charge in [-0.2, -0.15) is 0 Å². The summed E-state index contributed by atoms with van der Waals surface area (Å²) < 4.78 is 0. The molecular weight excluding hydrogens is 184 g/mol. The summed E-state index contributed by atoms with van der Waals surface area (Å²) in [4.78, 5) is 0. The molecule has 92 valence electrons. The van der Waals surface area contributed by atoms with Gasteiger partial charge in [-0.15, -0.1) is 0 Å². The number of hydrogen-bond donors (Lipinski definition) is 2. The average Bonchev–Trinajstić information content (AvgIpc) is 2.20. The van der Waals surface area contributed by atoms with Gasteiger partial charge in [0.25, 0.3) is 0 Å². The van der Waals surface area contributed by atoms with Crippen LogP contribution in [-0.4, -0.2) is 18.6 Å². The first-order valence-corrected chi connectivity index (χ1v) is 6.57. The molecule has 0 aromatic carbocycles. The van der Waals surface area contributed by atoms with E-state index in [-0.39, 0.29) is 5.54 Å². The highest BCUT2D eigenvalue weighted by Crippen LogP contribution is 2.15. The molecule has 0 amide bonds. The molecule has 0 aliphatic rings. The van der Waals surface area contributed by atoms with Crippen LogP contribution in [-0.2, 0) is 0 Å². The van der Waals surface area contributed by atoms with Gasteiger partial charge in [-0.05, 0) is 20.3 Å². The van der Waals surface area contributed by atoms with Crippen molar-refractivity contribution in [2.75, 3.05) is 13.1 Å². The minimum absolute atomic E-state index is 0.268. The molecule has 0 aliphatic carbocycles. The van der Waals surface area contributed by atoms with Crippen molar-refractivity contribution in [3.63, 3.8) is 0 Å². The van der Waals surface area contributed by atoms with Crippen LogP contribution in [0.15, 0.2) is 0 Å². The molecule has 0 rings (SSSR count). The van der Waals surface area contributed by atoms with E-state index in [1.807, 2.05) is 0 Å². The molecule has 0 radical (unpaired) electrons. The fraction of sp³-hybridized carbons (Fsp3) is 1.00. The van der Waals surface area contributed by atoms with Gasteiger partial charge in [-0.1, -0.05) is 45.4 Å². The fourth-order valence-electron chi connectivity index (χ4n) is 1.85. The molecule has 0 aliphatic heterocycles. The molecule has 0 saturated heterocycles. The third-order valence-electron chi connectivity index (χ3n) is 2.90. The molecule has 0 fully saturated rings. The fourth-order valence-corrected chi connectivity index (χ4v) is 1.85. The smallest absolute Gasteiger partial charge is 0.0125 e. The first kappa shape index (κ1) is 14.9. The van der Waals surface area contributed by atoms with Gasteiger partial charge < -0.3 is 11.1 Å². The second kappa shape index (κ2) is 9.17. The van der Waals surface area contributed by atoms with Gasteiger partial charge in [0.1, 0.15) is 0 Å². The van der Waals surface area contributed by atoms with Crippen molar-refractivity contribution in [3.05, 3.63) is 0 Å². The lowest BCUT2D eigenvalue weighted by Gasteiger charge is -2.26. The zero-order chi connectivity index (χ0) is 11.6. The van der Waals surface area contributed by atoms with E-state index >= 15 is 0 Å². The van der Waals surface area contributed by atoms with Gasteiger partial charge in [0.15, 0.2) is 0 Å². The van der Waals surface area contributed by atoms with E-state index in [4.69, 9.17) is 5.73 Å². The maximum Gasteiger partial charge on any atom is 0.0125 e. The van der Waals surface area contributed by atoms with Gasteiger partial charge in [-0.25, -0.2) is 0 Å². The van der Waals surface area contributed by atoms with Crippen molar-refractivity contribution in [2.24, 2.45) is 5.73 Å². The van der Waals surface area contributed by atoms with E-state index in [2.05, 4.69) is 26.1 Å². The second-order valence-electron chi connectivity index (χ2n) is 5.12. The standard InChI is InChI=1S/C13H30N2/c1-4-5-6-7-8-9-10-13(2,3)15-12-11-14/h15H,4-12,14H2,1-3H3. The van der Waals surface area contributed by atoms with Crippen molar-refractivity contribution in [2.45, 2.75) is 71.3 Å². The topological polar surface area (TPSA) is 38.0 Å². The highest BCUT2D eigenvalue weighted by atomic mass is 15.0. The van der Waals surface area contributed by atoms with E-state index in [9.17, 15) is 0 Å². The van der Waals surface area contributed by atoms with Crippen LogP contribution in [0.25, 0.3) is 0 Å². The summed E-state index contributed by atoms with van der Waals surface area (Å²) in [6.07, 6.45) is 9.54. The molecule has 0 heterocycles. The number of nitrogens with one attached hydrogen (secondary N) is 1. The molecule has 2 nitrogen and oxygen atoms in total. The Morgan fingerprint density at radius 2 is 1.60 bits per heavy atom. The lowest BCUT2D eigenvalue weighted by Crippen LogP contribution is -2.41. The number of hydrogen-bond acceptors (Lipinski definition) is 2. The zero-order valence-corrected chi connectivity index (χ0v) is 10.9. The predicted molar refractivity (Wildman–Crippen MR) is 69.1 cm³/mol. The Bertz CT molecular complexity index is 132. The van der Waals surface area contributed by atoms with Crippen LogP contribution < -0.4 is 11.1 Å². The summed E-state index contributed by atoms with van der Waals surface area (Å²) in [5, 5.41) is 3.49. The lowest BCUT2D eigenvalue weighted by molar-refractivity contribution is 0.351. The Hall–Kier alpha value is -0.0800. The van der Waals surface area contributed by atoms with Gasteiger partial charge >= 0.3 is 0 Å². The van der Waals surface area contributed by atoms with Crippen LogP contribution in [0.3, 0.4) is 0 Å². The van der Waals surface area contributed by atoms with Crippen LogP contribution in [0, 0.1) is 0 Å². The molecule has 0 aromatic heterocycles. The van der Waals surface area contributed by atoms with E-state index in [0.717, 1.165) is 13.1 Å². The predicted octanol–water partition coefficient (Wildman–Crippen LogP) is 3.06. The highest BCUT2D eigenvalue weighted by Gasteiger charge is 2.14. The third kappa shape index (κ3) is 10.2. The van der Waals surface area contributed by atoms with Crippen LogP contribution in [0.2, 0.25) is 0 Å². The second-order valence-corrected chi connectivity index (χ2v) is 5.12. The summed E-state index contributed by atoms with van der Waals surface area (Å²) in [5.41, 5.74) is 5.75. The average molecular weight is 214 g/mol. The molecule has 0 atom stereocenters. The first-order valence-electron chi connectivity index (χ1n) is 6.57. The molecule has 0 aromatic rings. The van der Waals surface area contributed by atoms with Crippen molar-refractivity contribution < 1.29 is 0 Å². The summed E-state index contributed by atoms with van der Waals surface area (Å²) >= 11 is 0. The van der Waals surface area contributed by atoms with Crippen LogP contribution in [0.5, 0.6) is 0 Å². The minimum atomic E-state index is 0.268. The van der Waals surface area contributed by atoms with Gasteiger partial charge in [0, 0.05) is 18.6 Å². The van der Waals surface area contributed by atoms with E-state index in [1.165, 1.54) is 44.9 Å². The van der Waals surface area contributed by atoms with Crippen molar-refractivity contribution in [1.82, 2.24) is 5.32 Å². The highest BCUT2D eigenvalue weighted by molar-refractivity contribution is 4.77. The molecule has 2 heteroatoms. The molecule has 0 saturated carbocycles. The molecule has 3 N–H and O–H groups in total. The normalized spacial score (nSPS) is 12.0. The van der Waals surface area contributed by atoms with Crippen molar-refractivity contribution in [3.8, 4) is 0 Å². The Morgan fingerprint density at radius 3 is 2.20 bits per heavy atom. The Balaban J connectivity index is 3.32. The minimum Gasteiger partial charge on any atom is -0.329 e. The van der Waals surface area contributed by atoms with E-state index < -0.39 is 0 Å². The van der Waals surface area contributed by atoms with E-state index in [1.54, 1.807) is 0 Å². The molecule has 0 bridgehead atoms. The van der Waals surface area contributed by atoms with Crippen molar-refractivity contribution >= 4 is 0 Å². The zero-order valence-electron chi connectivity index (χ0n) is 10.9. The van der Waals surface area contributed by atoms with Crippen LogP contribution in [0.4, 0.5) is 0 Å². The van der Waals surface area contributed by atoms with Gasteiger partial charge in [0.05, 0.1) is 0 Å². The Labute approximate surface area is 96.0 Å². The Kier molecular flexibility index (Phi) is 9.12. The molecular formula is C13H30N2. The lowest BCUT2D eigenvalue weighted by atomic mass is 9.96. The third-order valence-corrected chi connectivity index (χ3v) is 2.90. The maximum absolute atomic E-state index is 5.48. The van der Waals surface area contributed by atoms with Gasteiger partial charge in [-0.3, -0.25) is 0 Å². The molecule has 15 heavy (non-hydrogen) atoms. The maximum atomic E-state index is 5.48. The van der Waals surface area contributed by atoms with Crippen LogP contribution >= 0.6 is 0 Å². The number of nitrogens with two attached hydrogens (primary N) is 1. The largest absolute Gasteiger partial charge is 0.329 e. The van der Waals surface area contributed by atoms with Crippen molar-refractivity contribution in [1.29, 1.82) is 0 Å². The SMILES string of the molecule is CCCCCCCCC(C)(C)NCCN. The van der Waals surface area contributed by atoms with Crippen LogP contribution in [0.1, 0.15) is 65.7 Å². The quantitative estimate of drug-likeness (QED) is 0.549. The van der Waals surface area contributed by atoms with Gasteiger partial charge in [0.2, 0.25) is 0 Å². The first-order chi connectivity index (χ1) is 7.12. The summed E-state index contributed by atoms with van der Waals surface area (Å²) in [5.74, 6) is 0. The Morgan fingerprint density at radius 1 is 1.00 bits per heavy atom. The monoisotopic (exact) mass is 214 g/mol. The summed E-state index contributed by atoms with van der Waals surface area (Å²) in [6.45, 7) is 8.48. The summed E-state index contributed by atoms with van der Waals surface area (Å²) in [6, 6.07) is 0. The number of rotatable bonds is 10.